The fourth-order valence-corrected chi connectivity index (χ4v) is 1.80. The van der Waals surface area contributed by atoms with E-state index < -0.39 is 0 Å². The van der Waals surface area contributed by atoms with Crippen molar-refractivity contribution in [2.75, 3.05) is 12.4 Å². The van der Waals surface area contributed by atoms with Crippen molar-refractivity contribution < 1.29 is 9.53 Å². The highest BCUT2D eigenvalue weighted by Crippen LogP contribution is 2.24. The maximum absolute atomic E-state index is 11.8. The highest BCUT2D eigenvalue weighted by Gasteiger charge is 2.08. The molecule has 0 bridgehead atoms. The number of anilines is 1. The first-order valence-corrected chi connectivity index (χ1v) is 5.63. The van der Waals surface area contributed by atoms with E-state index in [9.17, 15) is 4.79 Å². The van der Waals surface area contributed by atoms with E-state index in [0.29, 0.717) is 17.0 Å². The zero-order chi connectivity index (χ0) is 12.3. The second-order valence-electron chi connectivity index (χ2n) is 3.32. The number of benzene rings is 1. The van der Waals surface area contributed by atoms with Gasteiger partial charge in [0.05, 0.1) is 18.9 Å². The average molecular weight is 296 g/mol. The first-order valence-electron chi connectivity index (χ1n) is 4.84. The fraction of sp³-hybridized carbons (Fsp3) is 0.0909. The number of aromatic nitrogens is 2. The average Bonchev–Trinajstić information content (AvgIpc) is 2.81. The predicted octanol–water partition coefficient (Wildman–Crippen LogP) is 2.43. The number of hydrogen-bond donors (Lipinski definition) is 2. The van der Waals surface area contributed by atoms with Gasteiger partial charge in [0.1, 0.15) is 5.75 Å². The predicted molar refractivity (Wildman–Crippen MR) is 67.2 cm³/mol. The van der Waals surface area contributed by atoms with Crippen molar-refractivity contribution in [1.29, 1.82) is 0 Å². The Kier molecular flexibility index (Phi) is 3.43. The third kappa shape index (κ3) is 2.85. The van der Waals surface area contributed by atoms with Crippen LogP contribution in [-0.2, 0) is 0 Å². The number of nitrogens with zero attached hydrogens (tertiary/aromatic N) is 1. The van der Waals surface area contributed by atoms with E-state index in [1.807, 2.05) is 6.07 Å². The molecule has 6 heteroatoms. The topological polar surface area (TPSA) is 67.0 Å². The molecule has 0 saturated carbocycles. The number of ether oxygens (including phenoxy) is 1. The molecule has 88 valence electrons. The fourth-order valence-electron chi connectivity index (χ4n) is 1.33. The number of carbonyl (C=O) groups excluding carboxylic acids is 1. The first kappa shape index (κ1) is 11.7. The summed E-state index contributed by atoms with van der Waals surface area (Å²) >= 11 is 3.34. The van der Waals surface area contributed by atoms with Crippen molar-refractivity contribution in [3.05, 3.63) is 40.6 Å². The molecule has 0 atom stereocenters. The number of rotatable bonds is 3. The lowest BCUT2D eigenvalue weighted by Crippen LogP contribution is -2.10. The van der Waals surface area contributed by atoms with Crippen LogP contribution in [0.1, 0.15) is 10.4 Å². The van der Waals surface area contributed by atoms with Crippen LogP contribution < -0.4 is 10.1 Å². The van der Waals surface area contributed by atoms with Gasteiger partial charge in [-0.2, -0.15) is 5.10 Å². The van der Waals surface area contributed by atoms with Crippen LogP contribution in [0.4, 0.5) is 5.69 Å². The van der Waals surface area contributed by atoms with Crippen molar-refractivity contribution >= 4 is 27.5 Å². The molecule has 0 aliphatic carbocycles. The summed E-state index contributed by atoms with van der Waals surface area (Å²) in [4.78, 5) is 11.8. The summed E-state index contributed by atoms with van der Waals surface area (Å²) in [5, 5.41) is 9.05. The Hall–Kier alpha value is -1.82. The third-order valence-corrected chi connectivity index (χ3v) is 2.58. The molecule has 0 fully saturated rings. The van der Waals surface area contributed by atoms with E-state index in [1.165, 1.54) is 12.4 Å². The molecule has 0 radical (unpaired) electrons. The number of aromatic amines is 1. The van der Waals surface area contributed by atoms with Crippen molar-refractivity contribution in [3.63, 3.8) is 0 Å². The lowest BCUT2D eigenvalue weighted by molar-refractivity contribution is 0.102. The standard InChI is InChI=1S/C11H10BrN3O2/c1-17-10-3-8(12)2-9(4-10)15-11(16)7-5-13-14-6-7/h2-6H,1H3,(H,13,14)(H,15,16). The Morgan fingerprint density at radius 2 is 2.29 bits per heavy atom. The minimum atomic E-state index is -0.223. The van der Waals surface area contributed by atoms with E-state index in [-0.39, 0.29) is 5.91 Å². The molecule has 5 nitrogen and oxygen atoms in total. The van der Waals surface area contributed by atoms with Gasteiger partial charge in [0, 0.05) is 22.4 Å². The summed E-state index contributed by atoms with van der Waals surface area (Å²) in [6.07, 6.45) is 3.00. The second kappa shape index (κ2) is 5.01. The lowest BCUT2D eigenvalue weighted by Gasteiger charge is -2.07. The van der Waals surface area contributed by atoms with Gasteiger partial charge in [0.15, 0.2) is 0 Å². The van der Waals surface area contributed by atoms with Gasteiger partial charge in [-0.05, 0) is 12.1 Å². The Morgan fingerprint density at radius 1 is 1.47 bits per heavy atom. The molecule has 0 saturated heterocycles. The van der Waals surface area contributed by atoms with Crippen LogP contribution in [0.25, 0.3) is 0 Å². The SMILES string of the molecule is COc1cc(Br)cc(NC(=O)c2cn[nH]c2)c1. The van der Waals surface area contributed by atoms with Gasteiger partial charge >= 0.3 is 0 Å². The minimum Gasteiger partial charge on any atom is -0.497 e. The molecule has 17 heavy (non-hydrogen) atoms. The quantitative estimate of drug-likeness (QED) is 0.914. The van der Waals surface area contributed by atoms with E-state index in [1.54, 1.807) is 19.2 Å². The van der Waals surface area contributed by atoms with Crippen LogP contribution >= 0.6 is 15.9 Å². The third-order valence-electron chi connectivity index (χ3n) is 2.13. The summed E-state index contributed by atoms with van der Waals surface area (Å²) in [7, 11) is 1.57. The van der Waals surface area contributed by atoms with E-state index in [2.05, 4.69) is 31.4 Å². The summed E-state index contributed by atoms with van der Waals surface area (Å²) in [5.74, 6) is 0.445. The van der Waals surface area contributed by atoms with E-state index in [4.69, 9.17) is 4.74 Å². The molecule has 0 aliphatic heterocycles. The van der Waals surface area contributed by atoms with Crippen LogP contribution in [0.15, 0.2) is 35.1 Å². The normalized spacial score (nSPS) is 10.0. The van der Waals surface area contributed by atoms with Crippen molar-refractivity contribution in [2.45, 2.75) is 0 Å². The zero-order valence-electron chi connectivity index (χ0n) is 9.03. The molecule has 2 aromatic rings. The molecular formula is C11H10BrN3O2. The number of H-pyrrole nitrogens is 1. The minimum absolute atomic E-state index is 0.223. The monoisotopic (exact) mass is 295 g/mol. The molecule has 1 heterocycles. The molecule has 0 spiro atoms. The molecule has 0 unspecified atom stereocenters. The van der Waals surface area contributed by atoms with Crippen molar-refractivity contribution in [2.24, 2.45) is 0 Å². The number of amides is 1. The maximum Gasteiger partial charge on any atom is 0.258 e. The summed E-state index contributed by atoms with van der Waals surface area (Å²) in [6.45, 7) is 0. The van der Waals surface area contributed by atoms with Crippen molar-refractivity contribution in [1.82, 2.24) is 10.2 Å². The molecular weight excluding hydrogens is 286 g/mol. The Balaban J connectivity index is 2.18. The molecule has 1 aromatic heterocycles. The number of hydrogen-bond acceptors (Lipinski definition) is 3. The number of carbonyl (C=O) groups is 1. The van der Waals surface area contributed by atoms with E-state index >= 15 is 0 Å². The number of halogens is 1. The van der Waals surface area contributed by atoms with Crippen LogP contribution in [0.5, 0.6) is 5.75 Å². The summed E-state index contributed by atoms with van der Waals surface area (Å²) in [6, 6.07) is 5.34. The molecule has 1 amide bonds. The van der Waals surface area contributed by atoms with Crippen LogP contribution in [0.3, 0.4) is 0 Å². The van der Waals surface area contributed by atoms with Gasteiger partial charge < -0.3 is 10.1 Å². The van der Waals surface area contributed by atoms with Crippen LogP contribution in [0, 0.1) is 0 Å². The largest absolute Gasteiger partial charge is 0.497 e. The zero-order valence-corrected chi connectivity index (χ0v) is 10.6. The first-order chi connectivity index (χ1) is 8.19. The highest BCUT2D eigenvalue weighted by atomic mass is 79.9. The maximum atomic E-state index is 11.8. The smallest absolute Gasteiger partial charge is 0.258 e. The highest BCUT2D eigenvalue weighted by molar-refractivity contribution is 9.10. The number of methoxy groups -OCH3 is 1. The second-order valence-corrected chi connectivity index (χ2v) is 4.24. The van der Waals surface area contributed by atoms with Gasteiger partial charge in [-0.1, -0.05) is 15.9 Å². The van der Waals surface area contributed by atoms with Gasteiger partial charge in [0.25, 0.3) is 5.91 Å². The molecule has 2 rings (SSSR count). The summed E-state index contributed by atoms with van der Waals surface area (Å²) in [5.41, 5.74) is 1.13. The van der Waals surface area contributed by atoms with Gasteiger partial charge in [-0.15, -0.1) is 0 Å². The van der Waals surface area contributed by atoms with Crippen LogP contribution in [-0.4, -0.2) is 23.2 Å². The van der Waals surface area contributed by atoms with Gasteiger partial charge in [-0.25, -0.2) is 0 Å². The van der Waals surface area contributed by atoms with E-state index in [0.717, 1.165) is 4.47 Å². The molecule has 0 aliphatic rings. The Bertz CT molecular complexity index is 526. The molecule has 1 aromatic carbocycles. The lowest BCUT2D eigenvalue weighted by atomic mass is 10.2. The Labute approximate surface area is 106 Å². The molecule has 2 N–H and O–H groups in total. The van der Waals surface area contributed by atoms with Gasteiger partial charge in [0.2, 0.25) is 0 Å². The van der Waals surface area contributed by atoms with Gasteiger partial charge in [-0.3, -0.25) is 9.89 Å². The Morgan fingerprint density at radius 3 is 2.94 bits per heavy atom. The van der Waals surface area contributed by atoms with Crippen molar-refractivity contribution in [3.8, 4) is 5.75 Å². The van der Waals surface area contributed by atoms with Crippen LogP contribution in [0.2, 0.25) is 0 Å². The number of nitrogens with one attached hydrogen (secondary N) is 2. The summed E-state index contributed by atoms with van der Waals surface area (Å²) < 4.78 is 5.94.